The molecule has 0 aromatic rings. The van der Waals surface area contributed by atoms with Gasteiger partial charge in [0, 0.05) is 6.04 Å². The van der Waals surface area contributed by atoms with Crippen LogP contribution in [0.2, 0.25) is 0 Å². The highest BCUT2D eigenvalue weighted by atomic mass is 16.6. The molecule has 0 fully saturated rings. The third-order valence-electron chi connectivity index (χ3n) is 2.45. The van der Waals surface area contributed by atoms with E-state index >= 15 is 0 Å². The zero-order valence-electron chi connectivity index (χ0n) is 11.0. The Balaban J connectivity index is 3.55. The Bertz CT molecular complexity index is 189. The first-order chi connectivity index (χ1) is 8.10. The number of nitrogens with two attached hydrogens (primary N) is 2. The topological polar surface area (TPSA) is 90.4 Å². The van der Waals surface area contributed by atoms with Gasteiger partial charge in [0.15, 0.2) is 0 Å². The molecule has 0 aliphatic rings. The number of hydrogen-bond donors (Lipinski definition) is 3. The van der Waals surface area contributed by atoms with Crippen LogP contribution < -0.4 is 16.9 Å². The molecule has 0 spiro atoms. The molecule has 5 heteroatoms. The molecule has 5 N–H and O–H groups in total. The third-order valence-corrected chi connectivity index (χ3v) is 2.45. The SMILES string of the molecule is CC(C)C[C@H](C=O)NOC[C@H](N)CCCCN. The molecule has 0 aliphatic carbocycles. The molecule has 0 amide bonds. The molecule has 0 saturated heterocycles. The Morgan fingerprint density at radius 3 is 2.59 bits per heavy atom. The van der Waals surface area contributed by atoms with E-state index in [0.29, 0.717) is 19.1 Å². The van der Waals surface area contributed by atoms with Crippen molar-refractivity contribution >= 4 is 6.29 Å². The lowest BCUT2D eigenvalue weighted by Gasteiger charge is -2.17. The molecule has 0 heterocycles. The van der Waals surface area contributed by atoms with Gasteiger partial charge in [-0.05, 0) is 31.7 Å². The van der Waals surface area contributed by atoms with Gasteiger partial charge >= 0.3 is 0 Å². The van der Waals surface area contributed by atoms with Gasteiger partial charge in [0.2, 0.25) is 0 Å². The molecule has 2 atom stereocenters. The number of nitrogens with one attached hydrogen (secondary N) is 1. The van der Waals surface area contributed by atoms with Gasteiger partial charge < -0.3 is 16.3 Å². The highest BCUT2D eigenvalue weighted by Gasteiger charge is 2.10. The normalized spacial score (nSPS) is 14.9. The van der Waals surface area contributed by atoms with Gasteiger partial charge in [-0.25, -0.2) is 0 Å². The van der Waals surface area contributed by atoms with Crippen LogP contribution in [0.3, 0.4) is 0 Å². The summed E-state index contributed by atoms with van der Waals surface area (Å²) in [5, 5.41) is 0. The molecule has 0 bridgehead atoms. The van der Waals surface area contributed by atoms with E-state index in [2.05, 4.69) is 19.3 Å². The van der Waals surface area contributed by atoms with E-state index < -0.39 is 0 Å². The zero-order chi connectivity index (χ0) is 13.1. The lowest BCUT2D eigenvalue weighted by atomic mass is 10.1. The van der Waals surface area contributed by atoms with E-state index in [1.54, 1.807) is 0 Å². The minimum Gasteiger partial charge on any atom is -0.330 e. The lowest BCUT2D eigenvalue weighted by Crippen LogP contribution is -2.36. The smallest absolute Gasteiger partial charge is 0.139 e. The monoisotopic (exact) mass is 245 g/mol. The Kier molecular flexibility index (Phi) is 10.3. The summed E-state index contributed by atoms with van der Waals surface area (Å²) < 4.78 is 0. The maximum atomic E-state index is 10.7. The summed E-state index contributed by atoms with van der Waals surface area (Å²) in [6.07, 6.45) is 4.55. The predicted molar refractivity (Wildman–Crippen MR) is 69.3 cm³/mol. The highest BCUT2D eigenvalue weighted by Crippen LogP contribution is 2.03. The molecular weight excluding hydrogens is 218 g/mol. The van der Waals surface area contributed by atoms with Crippen LogP contribution in [0.1, 0.15) is 39.5 Å². The molecule has 0 saturated carbocycles. The largest absolute Gasteiger partial charge is 0.330 e. The molecule has 0 aliphatic heterocycles. The van der Waals surface area contributed by atoms with Gasteiger partial charge in [0.25, 0.3) is 0 Å². The van der Waals surface area contributed by atoms with Crippen LogP contribution >= 0.6 is 0 Å². The summed E-state index contributed by atoms with van der Waals surface area (Å²) in [4.78, 5) is 16.0. The quantitative estimate of drug-likeness (QED) is 0.281. The van der Waals surface area contributed by atoms with E-state index in [-0.39, 0.29) is 12.1 Å². The molecule has 0 unspecified atom stereocenters. The van der Waals surface area contributed by atoms with Gasteiger partial charge in [0.05, 0.1) is 12.6 Å². The molecular formula is C12H27N3O2. The minimum atomic E-state index is -0.244. The summed E-state index contributed by atoms with van der Waals surface area (Å²) in [5.74, 6) is 0.458. The van der Waals surface area contributed by atoms with E-state index in [9.17, 15) is 4.79 Å². The van der Waals surface area contributed by atoms with Crippen LogP contribution in [0.25, 0.3) is 0 Å². The molecule has 0 aromatic heterocycles. The first-order valence-corrected chi connectivity index (χ1v) is 6.38. The molecule has 102 valence electrons. The van der Waals surface area contributed by atoms with Crippen molar-refractivity contribution < 1.29 is 9.63 Å². The van der Waals surface area contributed by atoms with Crippen LogP contribution in [-0.4, -0.2) is 31.5 Å². The third kappa shape index (κ3) is 10.4. The number of carbonyl (C=O) groups excluding carboxylic acids is 1. The predicted octanol–water partition coefficient (Wildman–Crippen LogP) is 0.578. The maximum Gasteiger partial charge on any atom is 0.139 e. The fraction of sp³-hybridized carbons (Fsp3) is 0.917. The van der Waals surface area contributed by atoms with Crippen molar-refractivity contribution in [1.82, 2.24) is 5.48 Å². The second-order valence-electron chi connectivity index (χ2n) is 4.85. The average molecular weight is 245 g/mol. The first-order valence-electron chi connectivity index (χ1n) is 6.38. The van der Waals surface area contributed by atoms with E-state index in [1.165, 1.54) is 0 Å². The van der Waals surface area contributed by atoms with Crippen LogP contribution in [0.15, 0.2) is 0 Å². The zero-order valence-corrected chi connectivity index (χ0v) is 11.0. The second-order valence-corrected chi connectivity index (χ2v) is 4.85. The van der Waals surface area contributed by atoms with Gasteiger partial charge in [-0.3, -0.25) is 4.84 Å². The average Bonchev–Trinajstić information content (AvgIpc) is 2.27. The summed E-state index contributed by atoms with van der Waals surface area (Å²) in [7, 11) is 0. The van der Waals surface area contributed by atoms with Gasteiger partial charge in [-0.1, -0.05) is 20.3 Å². The molecule has 17 heavy (non-hydrogen) atoms. The fourth-order valence-corrected chi connectivity index (χ4v) is 1.54. The molecule has 5 nitrogen and oxygen atoms in total. The van der Waals surface area contributed by atoms with Gasteiger partial charge in [-0.2, -0.15) is 5.48 Å². The van der Waals surface area contributed by atoms with Crippen molar-refractivity contribution in [2.75, 3.05) is 13.2 Å². The van der Waals surface area contributed by atoms with Crippen LogP contribution in [0, 0.1) is 5.92 Å². The molecule has 0 radical (unpaired) electrons. The fourth-order valence-electron chi connectivity index (χ4n) is 1.54. The maximum absolute atomic E-state index is 10.7. The van der Waals surface area contributed by atoms with Crippen LogP contribution in [-0.2, 0) is 9.63 Å². The highest BCUT2D eigenvalue weighted by molar-refractivity contribution is 5.57. The van der Waals surface area contributed by atoms with Crippen LogP contribution in [0.5, 0.6) is 0 Å². The number of aldehydes is 1. The van der Waals surface area contributed by atoms with E-state index in [1.807, 2.05) is 0 Å². The summed E-state index contributed by atoms with van der Waals surface area (Å²) in [6.45, 7) is 5.26. The summed E-state index contributed by atoms with van der Waals surface area (Å²) in [5.41, 5.74) is 14.0. The standard InChI is InChI=1S/C12H27N3O2/c1-10(2)7-12(8-16)15-17-9-11(14)5-3-4-6-13/h8,10-12,15H,3-7,9,13-14H2,1-2H3/t11-,12-/m1/s1. The number of unbranched alkanes of at least 4 members (excludes halogenated alkanes) is 1. The van der Waals surface area contributed by atoms with Gasteiger partial charge in [-0.15, -0.1) is 0 Å². The summed E-state index contributed by atoms with van der Waals surface area (Å²) in [6, 6.07) is -0.244. The van der Waals surface area contributed by atoms with Crippen molar-refractivity contribution in [1.29, 1.82) is 0 Å². The molecule has 0 aromatic carbocycles. The van der Waals surface area contributed by atoms with E-state index in [4.69, 9.17) is 16.3 Å². The Hall–Kier alpha value is -0.490. The summed E-state index contributed by atoms with van der Waals surface area (Å²) >= 11 is 0. The van der Waals surface area contributed by atoms with Crippen LogP contribution in [0.4, 0.5) is 0 Å². The van der Waals surface area contributed by atoms with Crippen molar-refractivity contribution in [3.63, 3.8) is 0 Å². The van der Waals surface area contributed by atoms with Crippen molar-refractivity contribution in [2.45, 2.75) is 51.6 Å². The molecule has 0 rings (SSSR count). The number of hydrogen-bond acceptors (Lipinski definition) is 5. The Labute approximate surface area is 104 Å². The van der Waals surface area contributed by atoms with Crippen molar-refractivity contribution in [3.05, 3.63) is 0 Å². The number of rotatable bonds is 11. The van der Waals surface area contributed by atoms with E-state index in [0.717, 1.165) is 32.0 Å². The Morgan fingerprint density at radius 1 is 1.35 bits per heavy atom. The lowest BCUT2D eigenvalue weighted by molar-refractivity contribution is -0.114. The number of hydroxylamine groups is 1. The van der Waals surface area contributed by atoms with Gasteiger partial charge in [0.1, 0.15) is 6.29 Å². The van der Waals surface area contributed by atoms with Crippen molar-refractivity contribution in [2.24, 2.45) is 17.4 Å². The number of carbonyl (C=O) groups is 1. The minimum absolute atomic E-state index is 0.000372. The second kappa shape index (κ2) is 10.7. The Morgan fingerprint density at radius 2 is 2.06 bits per heavy atom. The first kappa shape index (κ1) is 16.5. The van der Waals surface area contributed by atoms with Crippen molar-refractivity contribution in [3.8, 4) is 0 Å².